The maximum Gasteiger partial charge on any atom is 0.336 e. The number of allylic oxidation sites excluding steroid dienone is 1. The SMILES string of the molecule is CCOC(OC)Oc1cc(CC=Cc2ccccc2C(=O)O)ccc1C12CC3CC(CC(C3)C1)C2. The number of carboxylic acids is 1. The van der Waals surface area contributed by atoms with Gasteiger partial charge in [-0.1, -0.05) is 42.5 Å². The van der Waals surface area contributed by atoms with Gasteiger partial charge in [0.1, 0.15) is 5.75 Å². The molecular weight excluding hydrogens is 440 g/mol. The Morgan fingerprint density at radius 3 is 2.40 bits per heavy atom. The summed E-state index contributed by atoms with van der Waals surface area (Å²) in [6.07, 6.45) is 12.5. The molecule has 0 amide bonds. The highest BCUT2D eigenvalue weighted by molar-refractivity contribution is 5.92. The molecule has 1 atom stereocenters. The highest BCUT2D eigenvalue weighted by Gasteiger charge is 2.52. The van der Waals surface area contributed by atoms with E-state index in [1.54, 1.807) is 19.2 Å². The van der Waals surface area contributed by atoms with Crippen LogP contribution in [0, 0.1) is 17.8 Å². The van der Waals surface area contributed by atoms with Gasteiger partial charge in [-0.2, -0.15) is 0 Å². The molecule has 5 nitrogen and oxygen atoms in total. The molecule has 0 saturated heterocycles. The van der Waals surface area contributed by atoms with Crippen molar-refractivity contribution in [1.29, 1.82) is 0 Å². The van der Waals surface area contributed by atoms with E-state index in [4.69, 9.17) is 14.2 Å². The van der Waals surface area contributed by atoms with E-state index in [1.165, 1.54) is 44.1 Å². The lowest BCUT2D eigenvalue weighted by molar-refractivity contribution is -0.231. The van der Waals surface area contributed by atoms with E-state index in [0.717, 1.165) is 29.1 Å². The number of benzene rings is 2. The van der Waals surface area contributed by atoms with E-state index < -0.39 is 12.4 Å². The molecule has 4 aliphatic carbocycles. The van der Waals surface area contributed by atoms with Gasteiger partial charge in [-0.15, -0.1) is 0 Å². The zero-order chi connectivity index (χ0) is 24.4. The molecule has 2 aromatic rings. The minimum atomic E-state index is -0.914. The molecule has 6 rings (SSSR count). The Kier molecular flexibility index (Phi) is 6.99. The van der Waals surface area contributed by atoms with Gasteiger partial charge in [0, 0.05) is 12.7 Å². The first kappa shape index (κ1) is 24.1. The minimum Gasteiger partial charge on any atom is -0.478 e. The van der Waals surface area contributed by atoms with Gasteiger partial charge in [-0.05, 0) is 98.3 Å². The normalized spacial score (nSPS) is 27.9. The summed E-state index contributed by atoms with van der Waals surface area (Å²) in [7, 11) is 1.61. The van der Waals surface area contributed by atoms with Crippen molar-refractivity contribution < 1.29 is 24.1 Å². The van der Waals surface area contributed by atoms with Gasteiger partial charge in [0.25, 0.3) is 0 Å². The van der Waals surface area contributed by atoms with E-state index in [9.17, 15) is 9.90 Å². The van der Waals surface area contributed by atoms with Crippen molar-refractivity contribution >= 4 is 12.0 Å². The first-order valence-corrected chi connectivity index (χ1v) is 12.9. The number of ether oxygens (including phenoxy) is 3. The van der Waals surface area contributed by atoms with Crippen molar-refractivity contribution in [3.8, 4) is 5.75 Å². The molecular formula is C30H36O5. The van der Waals surface area contributed by atoms with E-state index in [-0.39, 0.29) is 5.41 Å². The van der Waals surface area contributed by atoms with Crippen molar-refractivity contribution in [2.75, 3.05) is 13.7 Å². The third kappa shape index (κ3) is 5.03. The number of hydrogen-bond donors (Lipinski definition) is 1. The second-order valence-corrected chi connectivity index (χ2v) is 10.6. The summed E-state index contributed by atoms with van der Waals surface area (Å²) in [5, 5.41) is 9.44. The van der Waals surface area contributed by atoms with Gasteiger partial charge < -0.3 is 19.3 Å². The average molecular weight is 477 g/mol. The van der Waals surface area contributed by atoms with Crippen molar-refractivity contribution in [1.82, 2.24) is 0 Å². The first-order chi connectivity index (χ1) is 17.0. The summed E-state index contributed by atoms with van der Waals surface area (Å²) < 4.78 is 17.5. The Labute approximate surface area is 208 Å². The molecule has 4 bridgehead atoms. The smallest absolute Gasteiger partial charge is 0.336 e. The Morgan fingerprint density at radius 1 is 1.09 bits per heavy atom. The van der Waals surface area contributed by atoms with E-state index in [2.05, 4.69) is 18.2 Å². The van der Waals surface area contributed by atoms with E-state index in [0.29, 0.717) is 24.2 Å². The van der Waals surface area contributed by atoms with Crippen LogP contribution in [-0.4, -0.2) is 31.3 Å². The van der Waals surface area contributed by atoms with E-state index >= 15 is 0 Å². The molecule has 0 aliphatic heterocycles. The Balaban J connectivity index is 1.43. The standard InChI is InChI=1S/C30H36O5/c1-3-34-29(33-2)35-27-16-20(7-6-9-24-8-4-5-10-25(24)28(31)32)11-12-26(27)30-17-21-13-22(18-30)15-23(14-21)19-30/h4-6,8-12,16,21-23,29H,3,7,13-15,17-19H2,1-2H3,(H,31,32). The molecule has 4 saturated carbocycles. The maximum absolute atomic E-state index is 11.5. The quantitative estimate of drug-likeness (QED) is 0.399. The van der Waals surface area contributed by atoms with Crippen LogP contribution in [0.4, 0.5) is 0 Å². The zero-order valence-corrected chi connectivity index (χ0v) is 20.7. The van der Waals surface area contributed by atoms with Gasteiger partial charge in [0.2, 0.25) is 0 Å². The molecule has 0 aromatic heterocycles. The molecule has 0 radical (unpaired) electrons. The van der Waals surface area contributed by atoms with Crippen LogP contribution < -0.4 is 4.74 Å². The Bertz CT molecular complexity index is 1050. The fourth-order valence-corrected chi connectivity index (χ4v) is 7.22. The van der Waals surface area contributed by atoms with Crippen LogP contribution in [0.3, 0.4) is 0 Å². The molecule has 1 unspecified atom stereocenters. The fourth-order valence-electron chi connectivity index (χ4n) is 7.22. The molecule has 0 spiro atoms. The van der Waals surface area contributed by atoms with Gasteiger partial charge in [0.15, 0.2) is 0 Å². The fraction of sp³-hybridized carbons (Fsp3) is 0.500. The average Bonchev–Trinajstić information content (AvgIpc) is 2.83. The molecule has 2 aromatic carbocycles. The molecule has 186 valence electrons. The van der Waals surface area contributed by atoms with Gasteiger partial charge in [-0.25, -0.2) is 4.79 Å². The van der Waals surface area contributed by atoms with Crippen LogP contribution >= 0.6 is 0 Å². The summed E-state index contributed by atoms with van der Waals surface area (Å²) in [6, 6.07) is 13.7. The van der Waals surface area contributed by atoms with Crippen molar-refractivity contribution in [3.05, 3.63) is 70.8 Å². The maximum atomic E-state index is 11.5. The van der Waals surface area contributed by atoms with E-state index in [1.807, 2.05) is 31.2 Å². The number of methoxy groups -OCH3 is 1. The Hall–Kier alpha value is -2.63. The number of rotatable bonds is 10. The monoisotopic (exact) mass is 476 g/mol. The second kappa shape index (κ2) is 10.2. The van der Waals surface area contributed by atoms with Crippen LogP contribution in [-0.2, 0) is 21.3 Å². The topological polar surface area (TPSA) is 65.0 Å². The predicted molar refractivity (Wildman–Crippen MR) is 135 cm³/mol. The first-order valence-electron chi connectivity index (χ1n) is 12.9. The molecule has 4 aliphatic rings. The molecule has 4 fully saturated rings. The zero-order valence-electron chi connectivity index (χ0n) is 20.7. The molecule has 1 N–H and O–H groups in total. The molecule has 35 heavy (non-hydrogen) atoms. The van der Waals surface area contributed by atoms with Crippen LogP contribution in [0.1, 0.15) is 72.5 Å². The Morgan fingerprint density at radius 2 is 1.77 bits per heavy atom. The molecule has 5 heteroatoms. The summed E-state index contributed by atoms with van der Waals surface area (Å²) in [5.74, 6) is 2.48. The van der Waals surface area contributed by atoms with Gasteiger partial charge >= 0.3 is 12.4 Å². The van der Waals surface area contributed by atoms with Crippen molar-refractivity contribution in [2.24, 2.45) is 17.8 Å². The lowest BCUT2D eigenvalue weighted by Crippen LogP contribution is -2.48. The largest absolute Gasteiger partial charge is 0.478 e. The van der Waals surface area contributed by atoms with Gasteiger partial charge in [0.05, 0.1) is 12.2 Å². The lowest BCUT2D eigenvalue weighted by atomic mass is 9.48. The highest BCUT2D eigenvalue weighted by Crippen LogP contribution is 2.62. The third-order valence-electron chi connectivity index (χ3n) is 8.22. The summed E-state index contributed by atoms with van der Waals surface area (Å²) in [5.41, 5.74) is 3.64. The summed E-state index contributed by atoms with van der Waals surface area (Å²) in [6.45, 7) is 1.71. The lowest BCUT2D eigenvalue weighted by Gasteiger charge is -2.57. The minimum absolute atomic E-state index is 0.198. The van der Waals surface area contributed by atoms with Crippen LogP contribution in [0.15, 0.2) is 48.5 Å². The number of carboxylic acid groups (broad SMARTS) is 1. The predicted octanol–water partition coefficient (Wildman–Crippen LogP) is 6.45. The van der Waals surface area contributed by atoms with Gasteiger partial charge in [-0.3, -0.25) is 0 Å². The summed E-state index contributed by atoms with van der Waals surface area (Å²) >= 11 is 0. The third-order valence-corrected chi connectivity index (χ3v) is 8.22. The van der Waals surface area contributed by atoms with Crippen LogP contribution in [0.2, 0.25) is 0 Å². The highest BCUT2D eigenvalue weighted by atomic mass is 16.8. The van der Waals surface area contributed by atoms with Crippen molar-refractivity contribution in [2.45, 2.75) is 63.8 Å². The van der Waals surface area contributed by atoms with Crippen LogP contribution in [0.25, 0.3) is 6.08 Å². The number of hydrogen-bond acceptors (Lipinski definition) is 4. The van der Waals surface area contributed by atoms with Crippen LogP contribution in [0.5, 0.6) is 5.75 Å². The van der Waals surface area contributed by atoms with Crippen molar-refractivity contribution in [3.63, 3.8) is 0 Å². The second-order valence-electron chi connectivity index (χ2n) is 10.6. The molecule has 0 heterocycles. The summed E-state index contributed by atoms with van der Waals surface area (Å²) in [4.78, 5) is 11.5. The number of aromatic carboxylic acids is 1. The number of carbonyl (C=O) groups is 1.